The number of benzene rings is 1. The van der Waals surface area contributed by atoms with Crippen LogP contribution in [0.25, 0.3) is 0 Å². The first-order valence-corrected chi connectivity index (χ1v) is 17.0. The summed E-state index contributed by atoms with van der Waals surface area (Å²) in [6.45, 7) is 0.156. The second-order valence-electron chi connectivity index (χ2n) is 11.2. The number of carboxylic acids is 1. The van der Waals surface area contributed by atoms with Gasteiger partial charge in [0.05, 0.1) is 28.9 Å². The highest BCUT2D eigenvalue weighted by Gasteiger charge is 2.76. The molecule has 0 radical (unpaired) electrons. The van der Waals surface area contributed by atoms with Gasteiger partial charge in [0.1, 0.15) is 0 Å². The molecule has 6 atom stereocenters. The molecule has 0 aromatic heterocycles. The molecule has 4 aliphatic rings. The van der Waals surface area contributed by atoms with Gasteiger partial charge in [-0.1, -0.05) is 34.0 Å². The van der Waals surface area contributed by atoms with Crippen molar-refractivity contribution in [3.8, 4) is 11.5 Å². The number of phenolic OH excluding ortho intramolecular Hbond substituents is 1. The lowest BCUT2D eigenvalue weighted by Crippen LogP contribution is -2.60. The smallest absolute Gasteiger partial charge is 0.303 e. The van der Waals surface area contributed by atoms with Gasteiger partial charge in [-0.3, -0.25) is 33.8 Å². The van der Waals surface area contributed by atoms with Crippen LogP contribution in [-0.4, -0.2) is 78.5 Å². The number of halogens is 5. The average molecular weight is 830 g/mol. The van der Waals surface area contributed by atoms with E-state index in [0.29, 0.717) is 34.9 Å². The Morgan fingerprint density at radius 2 is 1.74 bits per heavy atom. The highest BCUT2D eigenvalue weighted by Crippen LogP contribution is 2.66. The van der Waals surface area contributed by atoms with E-state index in [0.717, 1.165) is 4.90 Å². The molecule has 0 unspecified atom stereocenters. The van der Waals surface area contributed by atoms with Crippen LogP contribution in [0.5, 0.6) is 11.5 Å². The fourth-order valence-corrected chi connectivity index (χ4v) is 9.46. The number of hydrogen-bond donors (Lipinski definition) is 2. The summed E-state index contributed by atoms with van der Waals surface area (Å²) in [6.07, 6.45) is 3.34. The standard InChI is InChI=1S/C28H27Br3Cl2N2O8/c1-43-16-9-14(20(30)21(31)22(16)38)19-12-6-7-13-18(24(40)34(23(13)39)8-4-2-3-5-17(36)37)15(12)10-27(32)25(41)35(11-29)26(42)28(19,27)33/h6,9,13,15,18-19,38H,2-5,7-8,10-11H2,1H3,(H,36,37)/t13-,15+,18-,19+,27+,28-/m0/s1. The summed E-state index contributed by atoms with van der Waals surface area (Å²) < 4.78 is 5.97. The molecule has 1 aromatic carbocycles. The number of carboxylic acid groups (broad SMARTS) is 1. The predicted octanol–water partition coefficient (Wildman–Crippen LogP) is 5.28. The van der Waals surface area contributed by atoms with Crippen LogP contribution in [0.1, 0.15) is 50.0 Å². The number of ether oxygens (including phenoxy) is 1. The van der Waals surface area contributed by atoms with Gasteiger partial charge in [-0.25, -0.2) is 0 Å². The number of aliphatic carboxylic acids is 1. The summed E-state index contributed by atoms with van der Waals surface area (Å²) >= 11 is 24.6. The van der Waals surface area contributed by atoms with E-state index < -0.39 is 51.2 Å². The zero-order valence-electron chi connectivity index (χ0n) is 22.7. The Morgan fingerprint density at radius 1 is 1.05 bits per heavy atom. The van der Waals surface area contributed by atoms with Crippen LogP contribution >= 0.6 is 71.0 Å². The van der Waals surface area contributed by atoms with Crippen molar-refractivity contribution in [3.63, 3.8) is 0 Å². The Balaban J connectivity index is 1.60. The zero-order valence-corrected chi connectivity index (χ0v) is 29.0. The molecular formula is C28H27Br3Cl2N2O8. The number of amides is 4. The number of phenols is 1. The fourth-order valence-electron chi connectivity index (χ4n) is 7.08. The average Bonchev–Trinajstić information content (AvgIpc) is 3.29. The summed E-state index contributed by atoms with van der Waals surface area (Å²) in [4.78, 5) is 64.2. The van der Waals surface area contributed by atoms with Crippen molar-refractivity contribution in [2.45, 2.75) is 54.2 Å². The van der Waals surface area contributed by atoms with E-state index in [2.05, 4.69) is 47.8 Å². The number of allylic oxidation sites excluding steroid dienone is 2. The Hall–Kier alpha value is -1.67. The van der Waals surface area contributed by atoms with E-state index in [1.54, 1.807) is 0 Å². The van der Waals surface area contributed by atoms with Gasteiger partial charge in [0.2, 0.25) is 11.8 Å². The summed E-state index contributed by atoms with van der Waals surface area (Å²) in [5, 5.41) is 19.5. The van der Waals surface area contributed by atoms with Crippen LogP contribution in [0, 0.1) is 17.8 Å². The molecule has 2 aliphatic carbocycles. The van der Waals surface area contributed by atoms with Crippen LogP contribution in [0.4, 0.5) is 0 Å². The zero-order chi connectivity index (χ0) is 31.6. The van der Waals surface area contributed by atoms with Gasteiger partial charge < -0.3 is 14.9 Å². The van der Waals surface area contributed by atoms with Crippen molar-refractivity contribution in [2.75, 3.05) is 19.1 Å². The minimum atomic E-state index is -2.01. The van der Waals surface area contributed by atoms with Gasteiger partial charge in [0, 0.05) is 23.4 Å². The van der Waals surface area contributed by atoms with Crippen molar-refractivity contribution in [3.05, 3.63) is 32.2 Å². The number of rotatable bonds is 9. The number of carbonyl (C=O) groups excluding carboxylic acids is 4. The van der Waals surface area contributed by atoms with E-state index in [1.807, 2.05) is 6.08 Å². The molecule has 1 saturated carbocycles. The fraction of sp³-hybridized carbons (Fsp3) is 0.536. The van der Waals surface area contributed by atoms with E-state index in [4.69, 9.17) is 33.0 Å². The third kappa shape index (κ3) is 4.78. The largest absolute Gasteiger partial charge is 0.503 e. The van der Waals surface area contributed by atoms with Crippen molar-refractivity contribution < 1.29 is 38.9 Å². The summed E-state index contributed by atoms with van der Waals surface area (Å²) in [5.41, 5.74) is 0.864. The number of nitrogens with zero attached hydrogens (tertiary/aromatic N) is 2. The third-order valence-corrected chi connectivity index (χ3v) is 13.2. The number of fused-ring (bicyclic) bond motifs is 4. The molecule has 4 amide bonds. The topological polar surface area (TPSA) is 142 Å². The summed E-state index contributed by atoms with van der Waals surface area (Å²) in [6, 6.07) is 1.52. The minimum Gasteiger partial charge on any atom is -0.503 e. The Bertz CT molecular complexity index is 1470. The third-order valence-electron chi connectivity index (χ3n) is 9.08. The van der Waals surface area contributed by atoms with Crippen molar-refractivity contribution in [1.29, 1.82) is 0 Å². The van der Waals surface area contributed by atoms with E-state index in [1.165, 1.54) is 18.1 Å². The van der Waals surface area contributed by atoms with Crippen LogP contribution in [0.2, 0.25) is 0 Å². The van der Waals surface area contributed by atoms with Gasteiger partial charge in [-0.2, -0.15) is 0 Å². The lowest BCUT2D eigenvalue weighted by atomic mass is 9.56. The molecule has 2 heterocycles. The van der Waals surface area contributed by atoms with Crippen LogP contribution in [0.3, 0.4) is 0 Å². The lowest BCUT2D eigenvalue weighted by Gasteiger charge is -2.51. The van der Waals surface area contributed by atoms with Gasteiger partial charge in [0.25, 0.3) is 11.8 Å². The molecule has 2 aliphatic heterocycles. The van der Waals surface area contributed by atoms with Crippen LogP contribution in [-0.2, 0) is 24.0 Å². The summed E-state index contributed by atoms with van der Waals surface area (Å²) in [5.74, 6) is -6.37. The number of aromatic hydroxyl groups is 1. The Kier molecular flexibility index (Phi) is 9.07. The first-order valence-electron chi connectivity index (χ1n) is 13.6. The highest BCUT2D eigenvalue weighted by atomic mass is 79.9. The van der Waals surface area contributed by atoms with Gasteiger partial charge in [0.15, 0.2) is 21.2 Å². The molecule has 3 fully saturated rings. The SMILES string of the molecule is COc1cc([C@H]2C3=CC[C@@H]4C(=O)N(CCCCCC(=O)O)C(=O)[C@@H]4[C@@H]3C[C@@]3(Cl)C(=O)N(CBr)C(=O)[C@@]23Cl)c(Br)c(Br)c1O. The molecule has 10 nitrogen and oxygen atoms in total. The number of methoxy groups -OCH3 is 1. The molecule has 5 rings (SSSR count). The molecule has 0 spiro atoms. The second-order valence-corrected chi connectivity index (χ2v) is 14.5. The number of unbranched alkanes of at least 4 members (excludes halogenated alkanes) is 2. The molecule has 232 valence electrons. The summed E-state index contributed by atoms with van der Waals surface area (Å²) in [7, 11) is 1.37. The maximum Gasteiger partial charge on any atom is 0.303 e. The first kappa shape index (κ1) is 32.7. The molecule has 0 bridgehead atoms. The van der Waals surface area contributed by atoms with Gasteiger partial charge in [-0.15, -0.1) is 23.2 Å². The number of alkyl halides is 3. The van der Waals surface area contributed by atoms with Crippen LogP contribution < -0.4 is 4.74 Å². The van der Waals surface area contributed by atoms with E-state index in [-0.39, 0.29) is 59.0 Å². The maximum absolute atomic E-state index is 14.0. The molecule has 43 heavy (non-hydrogen) atoms. The lowest BCUT2D eigenvalue weighted by molar-refractivity contribution is -0.141. The van der Waals surface area contributed by atoms with Gasteiger partial charge >= 0.3 is 5.97 Å². The molecule has 15 heteroatoms. The maximum atomic E-state index is 14.0. The van der Waals surface area contributed by atoms with Crippen molar-refractivity contribution in [2.24, 2.45) is 17.8 Å². The second kappa shape index (κ2) is 11.9. The van der Waals surface area contributed by atoms with E-state index >= 15 is 0 Å². The first-order chi connectivity index (χ1) is 20.3. The van der Waals surface area contributed by atoms with Crippen molar-refractivity contribution in [1.82, 2.24) is 9.80 Å². The Labute approximate surface area is 282 Å². The monoisotopic (exact) mass is 826 g/mol. The highest BCUT2D eigenvalue weighted by molar-refractivity contribution is 9.13. The normalized spacial score (nSPS) is 31.6. The van der Waals surface area contributed by atoms with Gasteiger partial charge in [-0.05, 0) is 75.1 Å². The number of imide groups is 2. The minimum absolute atomic E-state index is 0.00769. The predicted molar refractivity (Wildman–Crippen MR) is 166 cm³/mol. The molecular weight excluding hydrogens is 803 g/mol. The van der Waals surface area contributed by atoms with Crippen molar-refractivity contribution >= 4 is 101 Å². The van der Waals surface area contributed by atoms with E-state index in [9.17, 15) is 29.1 Å². The van der Waals surface area contributed by atoms with Crippen LogP contribution in [0.15, 0.2) is 26.7 Å². The number of carbonyl (C=O) groups is 5. The molecule has 2 N–H and O–H groups in total. The Morgan fingerprint density at radius 3 is 2.37 bits per heavy atom. The molecule has 2 saturated heterocycles. The number of hydrogen-bond acceptors (Lipinski definition) is 7. The molecule has 1 aromatic rings. The quantitative estimate of drug-likeness (QED) is 0.113. The number of likely N-dealkylation sites (tertiary alicyclic amines) is 2.